The smallest absolute Gasteiger partial charge is 0.164 e. The fraction of sp³-hybridized carbons (Fsp3) is 0.333. The summed E-state index contributed by atoms with van der Waals surface area (Å²) in [6.07, 6.45) is 5.48. The summed E-state index contributed by atoms with van der Waals surface area (Å²) in [5.74, 6) is 2.97. The van der Waals surface area contributed by atoms with Crippen molar-refractivity contribution >= 4 is 0 Å². The highest BCUT2D eigenvalue weighted by Crippen LogP contribution is 2.22. The van der Waals surface area contributed by atoms with Crippen molar-refractivity contribution in [2.75, 3.05) is 13.1 Å². The van der Waals surface area contributed by atoms with Gasteiger partial charge in [0.25, 0.3) is 0 Å². The number of hydrogen-bond acceptors (Lipinski definition) is 5. The van der Waals surface area contributed by atoms with Crippen molar-refractivity contribution in [1.82, 2.24) is 15.3 Å². The van der Waals surface area contributed by atoms with Crippen molar-refractivity contribution in [3.8, 4) is 17.2 Å². The minimum atomic E-state index is 0.217. The Morgan fingerprint density at radius 3 is 2.55 bits per heavy atom. The molecule has 1 aromatic heterocycles. The van der Waals surface area contributed by atoms with Crippen LogP contribution in [0.2, 0.25) is 0 Å². The van der Waals surface area contributed by atoms with Gasteiger partial charge in [0.15, 0.2) is 5.75 Å². The number of phenolic OH excluding ortho intramolecular Hbond substituents is 1. The Bertz CT molecular complexity index is 548. The molecule has 1 unspecified atom stereocenters. The number of nitrogens with zero attached hydrogens (tertiary/aromatic N) is 2. The van der Waals surface area contributed by atoms with Crippen LogP contribution in [0, 0.1) is 5.92 Å². The van der Waals surface area contributed by atoms with Gasteiger partial charge >= 0.3 is 0 Å². The topological polar surface area (TPSA) is 67.3 Å². The number of nitrogens with one attached hydrogen (secondary N) is 1. The minimum Gasteiger partial charge on any atom is -0.508 e. The second-order valence-corrected chi connectivity index (χ2v) is 4.99. The van der Waals surface area contributed by atoms with Gasteiger partial charge in [0.05, 0.1) is 12.4 Å². The summed E-state index contributed by atoms with van der Waals surface area (Å²) < 4.78 is 5.61. The van der Waals surface area contributed by atoms with Crippen molar-refractivity contribution in [3.63, 3.8) is 0 Å². The van der Waals surface area contributed by atoms with E-state index in [9.17, 15) is 5.11 Å². The molecule has 2 heterocycles. The van der Waals surface area contributed by atoms with Crippen molar-refractivity contribution in [2.45, 2.75) is 12.8 Å². The van der Waals surface area contributed by atoms with Crippen LogP contribution in [0.3, 0.4) is 0 Å². The largest absolute Gasteiger partial charge is 0.508 e. The number of benzene rings is 1. The first kappa shape index (κ1) is 12.9. The zero-order valence-corrected chi connectivity index (χ0v) is 11.1. The van der Waals surface area contributed by atoms with Gasteiger partial charge in [0.2, 0.25) is 0 Å². The molecule has 5 heteroatoms. The third kappa shape index (κ3) is 3.24. The van der Waals surface area contributed by atoms with Crippen LogP contribution in [-0.2, 0) is 6.42 Å². The fourth-order valence-corrected chi connectivity index (χ4v) is 2.30. The molecule has 0 spiro atoms. The Morgan fingerprint density at radius 2 is 1.90 bits per heavy atom. The lowest BCUT2D eigenvalue weighted by Gasteiger charge is -2.08. The quantitative estimate of drug-likeness (QED) is 0.891. The summed E-state index contributed by atoms with van der Waals surface area (Å²) in [5.41, 5.74) is 0. The lowest BCUT2D eigenvalue weighted by atomic mass is 10.1. The average molecular weight is 271 g/mol. The molecule has 3 rings (SSSR count). The molecule has 2 aromatic rings. The van der Waals surface area contributed by atoms with Crippen LogP contribution in [0.1, 0.15) is 12.2 Å². The van der Waals surface area contributed by atoms with E-state index < -0.39 is 0 Å². The molecule has 1 aromatic carbocycles. The van der Waals surface area contributed by atoms with Gasteiger partial charge in [-0.05, 0) is 49.7 Å². The van der Waals surface area contributed by atoms with Gasteiger partial charge in [0, 0.05) is 6.42 Å². The van der Waals surface area contributed by atoms with Crippen LogP contribution in [0.25, 0.3) is 0 Å². The second-order valence-electron chi connectivity index (χ2n) is 4.99. The molecule has 1 saturated heterocycles. The maximum absolute atomic E-state index is 9.21. The van der Waals surface area contributed by atoms with Crippen LogP contribution >= 0.6 is 0 Å². The minimum absolute atomic E-state index is 0.217. The highest BCUT2D eigenvalue weighted by Gasteiger charge is 2.16. The van der Waals surface area contributed by atoms with Gasteiger partial charge in [-0.1, -0.05) is 0 Å². The Labute approximate surface area is 117 Å². The van der Waals surface area contributed by atoms with Crippen LogP contribution in [0.5, 0.6) is 17.2 Å². The van der Waals surface area contributed by atoms with Crippen LogP contribution in [0.15, 0.2) is 36.7 Å². The van der Waals surface area contributed by atoms with E-state index in [2.05, 4.69) is 15.3 Å². The Balaban J connectivity index is 1.62. The number of rotatable bonds is 4. The first-order chi connectivity index (χ1) is 9.79. The van der Waals surface area contributed by atoms with Gasteiger partial charge < -0.3 is 15.2 Å². The first-order valence-corrected chi connectivity index (χ1v) is 6.78. The number of hydrogen-bond donors (Lipinski definition) is 2. The van der Waals surface area contributed by atoms with E-state index in [1.54, 1.807) is 36.7 Å². The summed E-state index contributed by atoms with van der Waals surface area (Å²) in [5, 5.41) is 12.6. The number of ether oxygens (including phenoxy) is 1. The van der Waals surface area contributed by atoms with Crippen LogP contribution in [0.4, 0.5) is 0 Å². The van der Waals surface area contributed by atoms with E-state index in [4.69, 9.17) is 4.74 Å². The molecule has 1 aliphatic rings. The molecular weight excluding hydrogens is 254 g/mol. The van der Waals surface area contributed by atoms with E-state index in [0.29, 0.717) is 17.4 Å². The van der Waals surface area contributed by atoms with Crippen molar-refractivity contribution in [1.29, 1.82) is 0 Å². The van der Waals surface area contributed by atoms with Crippen LogP contribution < -0.4 is 10.1 Å². The molecule has 0 amide bonds. The van der Waals surface area contributed by atoms with E-state index >= 15 is 0 Å². The SMILES string of the molecule is Oc1ccc(Oc2cnc(CC3CCNC3)nc2)cc1. The summed E-state index contributed by atoms with van der Waals surface area (Å²) in [6.45, 7) is 2.14. The molecule has 0 bridgehead atoms. The summed E-state index contributed by atoms with van der Waals surface area (Å²) in [7, 11) is 0. The zero-order valence-electron chi connectivity index (χ0n) is 11.1. The molecule has 2 N–H and O–H groups in total. The summed E-state index contributed by atoms with van der Waals surface area (Å²) >= 11 is 0. The van der Waals surface area contributed by atoms with E-state index in [0.717, 1.165) is 25.3 Å². The molecule has 1 atom stereocenters. The molecule has 1 fully saturated rings. The maximum atomic E-state index is 9.21. The van der Waals surface area contributed by atoms with Crippen molar-refractivity contribution in [3.05, 3.63) is 42.5 Å². The van der Waals surface area contributed by atoms with Gasteiger partial charge in [-0.25, -0.2) is 9.97 Å². The van der Waals surface area contributed by atoms with Gasteiger partial charge in [-0.3, -0.25) is 0 Å². The lowest BCUT2D eigenvalue weighted by molar-refractivity contribution is 0.461. The predicted molar refractivity (Wildman–Crippen MR) is 74.9 cm³/mol. The van der Waals surface area contributed by atoms with E-state index in [1.165, 1.54) is 6.42 Å². The Morgan fingerprint density at radius 1 is 1.15 bits per heavy atom. The summed E-state index contributed by atoms with van der Waals surface area (Å²) in [4.78, 5) is 8.69. The van der Waals surface area contributed by atoms with Gasteiger partial charge in [0.1, 0.15) is 17.3 Å². The monoisotopic (exact) mass is 271 g/mol. The lowest BCUT2D eigenvalue weighted by Crippen LogP contribution is -2.12. The molecule has 5 nitrogen and oxygen atoms in total. The molecule has 0 aliphatic carbocycles. The average Bonchev–Trinajstić information content (AvgIpc) is 2.96. The summed E-state index contributed by atoms with van der Waals surface area (Å²) in [6, 6.07) is 6.57. The maximum Gasteiger partial charge on any atom is 0.164 e. The van der Waals surface area contributed by atoms with Crippen LogP contribution in [-0.4, -0.2) is 28.2 Å². The molecule has 0 radical (unpaired) electrons. The standard InChI is InChI=1S/C15H17N3O2/c19-12-1-3-13(4-2-12)20-14-9-17-15(18-10-14)7-11-5-6-16-8-11/h1-4,9-11,16,19H,5-8H2. The number of aromatic hydroxyl groups is 1. The molecule has 0 saturated carbocycles. The molecule has 1 aliphatic heterocycles. The number of phenols is 1. The van der Waals surface area contributed by atoms with Crippen molar-refractivity contribution in [2.24, 2.45) is 5.92 Å². The highest BCUT2D eigenvalue weighted by molar-refractivity contribution is 5.33. The first-order valence-electron chi connectivity index (χ1n) is 6.78. The van der Waals surface area contributed by atoms with Gasteiger partial charge in [-0.2, -0.15) is 0 Å². The van der Waals surface area contributed by atoms with Crippen molar-refractivity contribution < 1.29 is 9.84 Å². The third-order valence-electron chi connectivity index (χ3n) is 3.39. The van der Waals surface area contributed by atoms with E-state index in [1.807, 2.05) is 0 Å². The fourth-order valence-electron chi connectivity index (χ4n) is 2.30. The van der Waals surface area contributed by atoms with E-state index in [-0.39, 0.29) is 5.75 Å². The normalized spacial score (nSPS) is 18.1. The predicted octanol–water partition coefficient (Wildman–Crippen LogP) is 2.13. The molecular formula is C15H17N3O2. The van der Waals surface area contributed by atoms with Gasteiger partial charge in [-0.15, -0.1) is 0 Å². The highest BCUT2D eigenvalue weighted by atomic mass is 16.5. The third-order valence-corrected chi connectivity index (χ3v) is 3.39. The molecule has 20 heavy (non-hydrogen) atoms. The Kier molecular flexibility index (Phi) is 3.78. The molecule has 104 valence electrons. The number of aromatic nitrogens is 2. The Hall–Kier alpha value is -2.14. The second kappa shape index (κ2) is 5.88. The zero-order chi connectivity index (χ0) is 13.8.